The highest BCUT2D eigenvalue weighted by molar-refractivity contribution is 6.30. The van der Waals surface area contributed by atoms with Gasteiger partial charge in [0, 0.05) is 18.2 Å². The summed E-state index contributed by atoms with van der Waals surface area (Å²) in [5.74, 6) is -3.70. The van der Waals surface area contributed by atoms with Crippen molar-refractivity contribution in [3.8, 4) is 5.75 Å². The summed E-state index contributed by atoms with van der Waals surface area (Å²) in [7, 11) is 0. The molecule has 1 unspecified atom stereocenters. The summed E-state index contributed by atoms with van der Waals surface area (Å²) < 4.78 is 119. The number of carbonyl (C=O) groups is 1. The molecule has 0 saturated heterocycles. The highest BCUT2D eigenvalue weighted by atomic mass is 35.5. The van der Waals surface area contributed by atoms with Gasteiger partial charge in [-0.05, 0) is 53.6 Å². The van der Waals surface area contributed by atoms with Crippen molar-refractivity contribution in [2.45, 2.75) is 30.5 Å². The molecule has 0 aliphatic carbocycles. The van der Waals surface area contributed by atoms with Crippen LogP contribution in [0.4, 0.5) is 35.1 Å². The minimum Gasteiger partial charge on any atom is -0.409 e. The third-order valence-corrected chi connectivity index (χ3v) is 6.82. The SMILES string of the molecule is O=C(NC(Cc1ccccc1)(c1ccc2c(c1)C(F)(F)OC(F)(F)O2)c1ccc(Cl)cn1)c1ccc(F)c(C(F)(F)F)c1. The predicted octanol–water partition coefficient (Wildman–Crippen LogP) is 7.82. The Balaban J connectivity index is 1.73. The Hall–Kier alpha value is -4.23. The molecule has 224 valence electrons. The number of amides is 1. The maximum Gasteiger partial charge on any atom is 0.540 e. The second-order valence-electron chi connectivity index (χ2n) is 9.47. The molecule has 1 aliphatic heterocycles. The van der Waals surface area contributed by atoms with E-state index < -0.39 is 58.3 Å². The van der Waals surface area contributed by atoms with Gasteiger partial charge < -0.3 is 10.1 Å². The third kappa shape index (κ3) is 6.13. The first-order valence-electron chi connectivity index (χ1n) is 12.2. The maximum absolute atomic E-state index is 14.8. The van der Waals surface area contributed by atoms with E-state index in [2.05, 4.69) is 19.8 Å². The number of nitrogens with zero attached hydrogens (tertiary/aromatic N) is 1. The topological polar surface area (TPSA) is 60.5 Å². The molecule has 4 aromatic rings. The van der Waals surface area contributed by atoms with Crippen molar-refractivity contribution in [2.75, 3.05) is 0 Å². The molecule has 14 heteroatoms. The molecule has 0 fully saturated rings. The lowest BCUT2D eigenvalue weighted by atomic mass is 9.79. The Morgan fingerprint density at radius 3 is 2.30 bits per heavy atom. The summed E-state index contributed by atoms with van der Waals surface area (Å²) in [5.41, 5.74) is -5.05. The smallest absolute Gasteiger partial charge is 0.409 e. The van der Waals surface area contributed by atoms with E-state index in [9.17, 15) is 39.9 Å². The Labute approximate surface area is 243 Å². The first-order valence-corrected chi connectivity index (χ1v) is 12.6. The molecule has 1 atom stereocenters. The van der Waals surface area contributed by atoms with Gasteiger partial charge in [-0.2, -0.15) is 22.0 Å². The fourth-order valence-corrected chi connectivity index (χ4v) is 4.78. The van der Waals surface area contributed by atoms with Crippen LogP contribution >= 0.6 is 11.6 Å². The fraction of sp³-hybridized carbons (Fsp3) is 0.172. The largest absolute Gasteiger partial charge is 0.540 e. The number of alkyl halides is 7. The van der Waals surface area contributed by atoms with E-state index in [1.54, 1.807) is 30.3 Å². The quantitative estimate of drug-likeness (QED) is 0.221. The van der Waals surface area contributed by atoms with Crippen molar-refractivity contribution >= 4 is 17.5 Å². The van der Waals surface area contributed by atoms with Crippen LogP contribution in [0.3, 0.4) is 0 Å². The van der Waals surface area contributed by atoms with Crippen molar-refractivity contribution in [2.24, 2.45) is 0 Å². The Morgan fingerprint density at radius 1 is 0.930 bits per heavy atom. The number of ether oxygens (including phenoxy) is 2. The Morgan fingerprint density at radius 2 is 1.65 bits per heavy atom. The molecular formula is C29H17ClF8N2O3. The molecular weight excluding hydrogens is 612 g/mol. The average Bonchev–Trinajstić information content (AvgIpc) is 2.92. The second-order valence-corrected chi connectivity index (χ2v) is 9.91. The molecule has 5 nitrogen and oxygen atoms in total. The summed E-state index contributed by atoms with van der Waals surface area (Å²) in [4.78, 5) is 17.9. The summed E-state index contributed by atoms with van der Waals surface area (Å²) in [5, 5.41) is 2.74. The van der Waals surface area contributed by atoms with E-state index in [0.717, 1.165) is 24.3 Å². The van der Waals surface area contributed by atoms with Gasteiger partial charge >= 0.3 is 18.6 Å². The standard InChI is InChI=1S/C29H17ClF8N2O3/c30-19-8-11-24(39-15-19)26(14-16-4-2-1-3-5-16,40-25(41)17-6-9-22(31)20(12-17)27(32,33)34)18-7-10-23-21(13-18)28(35,36)43-29(37,38)42-23/h1-13,15H,14H2,(H,40,41). The molecule has 43 heavy (non-hydrogen) atoms. The summed E-state index contributed by atoms with van der Waals surface area (Å²) >= 11 is 6.01. The number of hydrogen-bond donors (Lipinski definition) is 1. The minimum atomic E-state index is -5.13. The molecule has 1 N–H and O–H groups in total. The molecule has 5 rings (SSSR count). The molecule has 2 heterocycles. The van der Waals surface area contributed by atoms with Crippen LogP contribution in [0, 0.1) is 5.82 Å². The van der Waals surface area contributed by atoms with Crippen LogP contribution in [-0.2, 0) is 29.0 Å². The van der Waals surface area contributed by atoms with Gasteiger partial charge in [-0.1, -0.05) is 48.0 Å². The van der Waals surface area contributed by atoms with Gasteiger partial charge in [0.15, 0.2) is 0 Å². The number of fused-ring (bicyclic) bond motifs is 1. The van der Waals surface area contributed by atoms with E-state index in [4.69, 9.17) is 11.6 Å². The molecule has 0 spiro atoms. The lowest BCUT2D eigenvalue weighted by Crippen LogP contribution is -2.49. The van der Waals surface area contributed by atoms with Gasteiger partial charge in [0.25, 0.3) is 5.91 Å². The molecule has 1 aliphatic rings. The van der Waals surface area contributed by atoms with Gasteiger partial charge in [0.1, 0.15) is 17.1 Å². The number of nitrogens with one attached hydrogen (secondary N) is 1. The summed E-state index contributed by atoms with van der Waals surface area (Å²) in [6.07, 6.45) is -13.4. The number of halogens is 9. The van der Waals surface area contributed by atoms with Gasteiger partial charge in [-0.3, -0.25) is 9.78 Å². The van der Waals surface area contributed by atoms with Crippen LogP contribution in [-0.4, -0.2) is 17.2 Å². The fourth-order valence-electron chi connectivity index (χ4n) is 4.67. The van der Waals surface area contributed by atoms with Gasteiger partial charge in [0.05, 0.1) is 21.8 Å². The number of carbonyl (C=O) groups excluding carboxylic acids is 1. The molecule has 1 aromatic heterocycles. The van der Waals surface area contributed by atoms with Crippen molar-refractivity contribution < 1.29 is 49.4 Å². The van der Waals surface area contributed by atoms with Crippen molar-refractivity contribution in [1.29, 1.82) is 0 Å². The Kier molecular flexibility index (Phi) is 7.59. The van der Waals surface area contributed by atoms with Crippen molar-refractivity contribution in [1.82, 2.24) is 10.3 Å². The van der Waals surface area contributed by atoms with E-state index in [1.807, 2.05) is 0 Å². The third-order valence-electron chi connectivity index (χ3n) is 6.60. The monoisotopic (exact) mass is 628 g/mol. The average molecular weight is 629 g/mol. The van der Waals surface area contributed by atoms with Gasteiger partial charge in [-0.25, -0.2) is 9.13 Å². The van der Waals surface area contributed by atoms with E-state index in [-0.39, 0.29) is 22.7 Å². The number of rotatable bonds is 6. The highest BCUT2D eigenvalue weighted by Gasteiger charge is 2.55. The molecule has 1 amide bonds. The molecule has 0 radical (unpaired) electrons. The number of benzene rings is 3. The van der Waals surface area contributed by atoms with E-state index in [0.29, 0.717) is 17.7 Å². The number of aromatic nitrogens is 1. The predicted molar refractivity (Wildman–Crippen MR) is 136 cm³/mol. The zero-order valence-electron chi connectivity index (χ0n) is 21.4. The van der Waals surface area contributed by atoms with Crippen LogP contribution in [0.15, 0.2) is 85.1 Å². The molecule has 3 aromatic carbocycles. The van der Waals surface area contributed by atoms with Crippen molar-refractivity contribution in [3.05, 3.63) is 129 Å². The number of pyridine rings is 1. The normalized spacial score (nSPS) is 16.9. The Bertz CT molecular complexity index is 1670. The molecule has 0 bridgehead atoms. The minimum absolute atomic E-state index is 0.0153. The maximum atomic E-state index is 14.8. The van der Waals surface area contributed by atoms with Crippen LogP contribution < -0.4 is 10.1 Å². The van der Waals surface area contributed by atoms with Crippen LogP contribution in [0.2, 0.25) is 5.02 Å². The molecule has 0 saturated carbocycles. The second kappa shape index (κ2) is 10.8. The van der Waals surface area contributed by atoms with Crippen LogP contribution in [0.5, 0.6) is 5.75 Å². The summed E-state index contributed by atoms with van der Waals surface area (Å²) in [6.45, 7) is 0. The van der Waals surface area contributed by atoms with Crippen molar-refractivity contribution in [3.63, 3.8) is 0 Å². The van der Waals surface area contributed by atoms with Gasteiger partial charge in [0.2, 0.25) is 0 Å². The lowest BCUT2D eigenvalue weighted by Gasteiger charge is -2.37. The lowest BCUT2D eigenvalue weighted by molar-refractivity contribution is -0.461. The highest BCUT2D eigenvalue weighted by Crippen LogP contribution is 2.48. The number of hydrogen-bond acceptors (Lipinski definition) is 4. The van der Waals surface area contributed by atoms with Crippen LogP contribution in [0.1, 0.15) is 38.3 Å². The first kappa shape index (κ1) is 30.2. The summed E-state index contributed by atoms with van der Waals surface area (Å²) in [6, 6.07) is 15.2. The van der Waals surface area contributed by atoms with E-state index in [1.165, 1.54) is 18.3 Å². The zero-order valence-corrected chi connectivity index (χ0v) is 22.1. The van der Waals surface area contributed by atoms with E-state index >= 15 is 0 Å². The van der Waals surface area contributed by atoms with Gasteiger partial charge in [-0.15, -0.1) is 8.78 Å². The zero-order chi connectivity index (χ0) is 31.2. The first-order chi connectivity index (χ1) is 20.1. The van der Waals surface area contributed by atoms with Crippen LogP contribution in [0.25, 0.3) is 0 Å².